The molecule has 1 saturated heterocycles. The average Bonchev–Trinajstić information content (AvgIpc) is 3.20. The quantitative estimate of drug-likeness (QED) is 0.865. The number of halogens is 3. The molecule has 3 heterocycles. The summed E-state index contributed by atoms with van der Waals surface area (Å²) in [5.74, 6) is -1.21. The first-order valence-electron chi connectivity index (χ1n) is 8.05. The van der Waals surface area contributed by atoms with Crippen molar-refractivity contribution in [2.24, 2.45) is 11.7 Å². The van der Waals surface area contributed by atoms with Gasteiger partial charge < -0.3 is 15.2 Å². The summed E-state index contributed by atoms with van der Waals surface area (Å²) in [4.78, 5) is 15.3. The number of aromatic nitrogens is 1. The van der Waals surface area contributed by atoms with Gasteiger partial charge in [0.25, 0.3) is 5.91 Å². The Morgan fingerprint density at radius 3 is 2.81 bits per heavy atom. The van der Waals surface area contributed by atoms with Gasteiger partial charge in [0.15, 0.2) is 0 Å². The first kappa shape index (κ1) is 18.5. The zero-order chi connectivity index (χ0) is 19.1. The minimum absolute atomic E-state index is 0.0688. The van der Waals surface area contributed by atoms with E-state index in [2.05, 4.69) is 16.3 Å². The Hall–Kier alpha value is -2.29. The number of thiophene rings is 1. The molecule has 0 spiro atoms. The van der Waals surface area contributed by atoms with Crippen LogP contribution in [0, 0.1) is 12.8 Å². The van der Waals surface area contributed by atoms with Crippen LogP contribution in [0.15, 0.2) is 28.9 Å². The van der Waals surface area contributed by atoms with E-state index in [1.807, 2.05) is 0 Å². The van der Waals surface area contributed by atoms with E-state index >= 15 is 0 Å². The van der Waals surface area contributed by atoms with E-state index in [9.17, 15) is 18.0 Å². The summed E-state index contributed by atoms with van der Waals surface area (Å²) in [5, 5.41) is 3.54. The van der Waals surface area contributed by atoms with Crippen LogP contribution in [0.1, 0.15) is 33.8 Å². The highest BCUT2D eigenvalue weighted by molar-refractivity contribution is 7.17. The molecular weight excluding hydrogens is 367 g/mol. The second-order valence-corrected chi connectivity index (χ2v) is 7.40. The van der Waals surface area contributed by atoms with Crippen molar-refractivity contribution in [2.45, 2.75) is 25.9 Å². The topological polar surface area (TPSA) is 72.4 Å². The number of carbonyl (C=O) groups excluding carboxylic acids is 1. The number of rotatable bonds is 3. The van der Waals surface area contributed by atoms with Crippen LogP contribution < -0.4 is 5.73 Å². The predicted octanol–water partition coefficient (Wildman–Crippen LogP) is 4.05. The molecule has 0 aliphatic carbocycles. The lowest BCUT2D eigenvalue weighted by molar-refractivity contribution is -0.156. The van der Waals surface area contributed by atoms with Gasteiger partial charge in [-0.1, -0.05) is 11.7 Å². The molecule has 2 aromatic heterocycles. The molecular formula is C17H18F3N3O2S. The molecule has 0 bridgehead atoms. The van der Waals surface area contributed by atoms with Crippen LogP contribution >= 0.6 is 11.3 Å². The van der Waals surface area contributed by atoms with Gasteiger partial charge in [0, 0.05) is 30.3 Å². The molecule has 9 heteroatoms. The van der Waals surface area contributed by atoms with E-state index < -0.39 is 11.9 Å². The van der Waals surface area contributed by atoms with Gasteiger partial charge in [-0.05, 0) is 31.9 Å². The van der Waals surface area contributed by atoms with Crippen LogP contribution in [-0.4, -0.2) is 29.1 Å². The fourth-order valence-corrected chi connectivity index (χ4v) is 4.04. The van der Waals surface area contributed by atoms with Gasteiger partial charge in [-0.2, -0.15) is 13.2 Å². The molecule has 0 radical (unpaired) electrons. The van der Waals surface area contributed by atoms with Gasteiger partial charge in [0.05, 0.1) is 9.75 Å². The Morgan fingerprint density at radius 1 is 1.46 bits per heavy atom. The lowest BCUT2D eigenvalue weighted by Crippen LogP contribution is -2.40. The number of amides is 1. The average molecular weight is 385 g/mol. The molecule has 0 saturated carbocycles. The summed E-state index contributed by atoms with van der Waals surface area (Å²) < 4.78 is 43.0. The predicted molar refractivity (Wildman–Crippen MR) is 91.5 cm³/mol. The number of hydrogen-bond donors (Lipinski definition) is 1. The lowest BCUT2D eigenvalue weighted by Gasteiger charge is -2.32. The molecule has 0 aromatic carbocycles. The zero-order valence-corrected chi connectivity index (χ0v) is 14.9. The molecule has 1 fully saturated rings. The van der Waals surface area contributed by atoms with E-state index in [0.29, 0.717) is 28.5 Å². The second kappa shape index (κ2) is 6.79. The van der Waals surface area contributed by atoms with Crippen molar-refractivity contribution in [3.8, 4) is 10.6 Å². The monoisotopic (exact) mass is 385 g/mol. The highest BCUT2D eigenvalue weighted by Crippen LogP contribution is 2.38. The second-order valence-electron chi connectivity index (χ2n) is 6.31. The summed E-state index contributed by atoms with van der Waals surface area (Å²) in [6.45, 7) is 6.18. The van der Waals surface area contributed by atoms with Crippen LogP contribution in [0.3, 0.4) is 0 Å². The number of nitrogens with two attached hydrogens (primary N) is 1. The first-order valence-corrected chi connectivity index (χ1v) is 8.87. The van der Waals surface area contributed by atoms with Crippen molar-refractivity contribution in [1.82, 2.24) is 10.1 Å². The molecule has 2 aromatic rings. The molecule has 0 unspecified atom stereocenters. The number of piperidine rings is 1. The molecule has 26 heavy (non-hydrogen) atoms. The van der Waals surface area contributed by atoms with E-state index in [1.165, 1.54) is 6.92 Å². The van der Waals surface area contributed by atoms with Crippen LogP contribution in [0.2, 0.25) is 0 Å². The third-order valence-corrected chi connectivity index (χ3v) is 5.54. The zero-order valence-electron chi connectivity index (χ0n) is 14.1. The van der Waals surface area contributed by atoms with E-state index in [-0.39, 0.29) is 23.1 Å². The van der Waals surface area contributed by atoms with E-state index in [1.54, 1.807) is 17.0 Å². The van der Waals surface area contributed by atoms with Gasteiger partial charge in [-0.15, -0.1) is 11.3 Å². The van der Waals surface area contributed by atoms with Crippen LogP contribution in [0.4, 0.5) is 13.2 Å². The molecule has 1 aliphatic rings. The fourth-order valence-electron chi connectivity index (χ4n) is 3.03. The standard InChI is InChI=1S/C17H18F3N3O2S/c1-9-14(22-25-15(9)17(18,19)20)12-5-6-13(26-12)16(24)23-7-3-4-11(8-23)10(2)21/h5-6,11H,2-4,7-8,21H2,1H3/t11-/m1/s1. The molecule has 5 nitrogen and oxygen atoms in total. The SMILES string of the molecule is C=C(N)[C@@H]1CCCN(C(=O)c2ccc(-c3noc(C(F)(F)F)c3C)s2)C1. The highest BCUT2D eigenvalue weighted by atomic mass is 32.1. The number of hydrogen-bond acceptors (Lipinski definition) is 5. The first-order chi connectivity index (χ1) is 12.2. The van der Waals surface area contributed by atoms with Crippen LogP contribution in [-0.2, 0) is 6.18 Å². The van der Waals surface area contributed by atoms with Gasteiger partial charge in [0.1, 0.15) is 5.69 Å². The number of nitrogens with zero attached hydrogens (tertiary/aromatic N) is 2. The van der Waals surface area contributed by atoms with Gasteiger partial charge in [0.2, 0.25) is 5.76 Å². The summed E-state index contributed by atoms with van der Waals surface area (Å²) in [6, 6.07) is 3.19. The minimum Gasteiger partial charge on any atom is -0.402 e. The summed E-state index contributed by atoms with van der Waals surface area (Å²) >= 11 is 1.10. The molecule has 1 aliphatic heterocycles. The Labute approximate surface area is 152 Å². The smallest absolute Gasteiger partial charge is 0.402 e. The minimum atomic E-state index is -4.60. The van der Waals surface area contributed by atoms with Crippen molar-refractivity contribution < 1.29 is 22.5 Å². The van der Waals surface area contributed by atoms with Crippen molar-refractivity contribution in [2.75, 3.05) is 13.1 Å². The van der Waals surface area contributed by atoms with Gasteiger partial charge in [-0.25, -0.2) is 0 Å². The van der Waals surface area contributed by atoms with E-state index in [0.717, 1.165) is 24.2 Å². The lowest BCUT2D eigenvalue weighted by atomic mass is 9.95. The van der Waals surface area contributed by atoms with Crippen molar-refractivity contribution in [3.63, 3.8) is 0 Å². The summed E-state index contributed by atoms with van der Waals surface area (Å²) in [5.41, 5.74) is 6.34. The Morgan fingerprint density at radius 2 is 2.19 bits per heavy atom. The maximum atomic E-state index is 12.8. The molecule has 140 valence electrons. The van der Waals surface area contributed by atoms with Gasteiger partial charge >= 0.3 is 6.18 Å². The third kappa shape index (κ3) is 3.48. The Bertz CT molecular complexity index is 841. The Kier molecular flexibility index (Phi) is 4.83. The third-order valence-electron chi connectivity index (χ3n) is 4.46. The largest absolute Gasteiger partial charge is 0.452 e. The highest BCUT2D eigenvalue weighted by Gasteiger charge is 2.39. The molecule has 3 rings (SSSR count). The summed E-state index contributed by atoms with van der Waals surface area (Å²) in [6.07, 6.45) is -2.87. The van der Waals surface area contributed by atoms with Gasteiger partial charge in [-0.3, -0.25) is 4.79 Å². The molecule has 2 N–H and O–H groups in total. The Balaban J connectivity index is 1.81. The van der Waals surface area contributed by atoms with Crippen molar-refractivity contribution in [3.05, 3.63) is 40.6 Å². The summed E-state index contributed by atoms with van der Waals surface area (Å²) in [7, 11) is 0. The van der Waals surface area contributed by atoms with E-state index in [4.69, 9.17) is 5.73 Å². The van der Waals surface area contributed by atoms with Crippen LogP contribution in [0.5, 0.6) is 0 Å². The number of alkyl halides is 3. The maximum Gasteiger partial charge on any atom is 0.452 e. The van der Waals surface area contributed by atoms with Crippen molar-refractivity contribution in [1.29, 1.82) is 0 Å². The normalized spacial score (nSPS) is 18.2. The fraction of sp³-hybridized carbons (Fsp3) is 0.412. The molecule has 1 atom stereocenters. The van der Waals surface area contributed by atoms with Crippen LogP contribution in [0.25, 0.3) is 10.6 Å². The molecule has 1 amide bonds. The number of carbonyl (C=O) groups is 1. The maximum absolute atomic E-state index is 12.8. The van der Waals surface area contributed by atoms with Crippen molar-refractivity contribution >= 4 is 17.2 Å². The number of likely N-dealkylation sites (tertiary alicyclic amines) is 1.